The van der Waals surface area contributed by atoms with Gasteiger partial charge in [0, 0.05) is 1.43 Å². The van der Waals surface area contributed by atoms with Gasteiger partial charge in [-0.05, 0) is 11.8 Å². The Bertz CT molecular complexity index is 231. The summed E-state index contributed by atoms with van der Waals surface area (Å²) in [7, 11) is 2.83. The Balaban J connectivity index is 0.000000963. The highest BCUT2D eigenvalue weighted by Gasteiger charge is 2.47. The molecule has 1 saturated carbocycles. The fraction of sp³-hybridized carbons (Fsp3) is 1.00. The predicted octanol–water partition coefficient (Wildman–Crippen LogP) is 4.69. The molecule has 3 fully saturated rings. The van der Waals surface area contributed by atoms with Gasteiger partial charge < -0.3 is 0 Å². The topological polar surface area (TPSA) is 0 Å². The molecule has 2 unspecified atom stereocenters. The van der Waals surface area contributed by atoms with Crippen LogP contribution in [0.15, 0.2) is 0 Å². The Morgan fingerprint density at radius 3 is 2.33 bits per heavy atom. The quantitative estimate of drug-likeness (QED) is 0.545. The molecule has 0 N–H and O–H groups in total. The summed E-state index contributed by atoms with van der Waals surface area (Å²) in [5.41, 5.74) is 0. The van der Waals surface area contributed by atoms with E-state index in [9.17, 15) is 0 Å². The fourth-order valence-corrected chi connectivity index (χ4v) is 4.95. The van der Waals surface area contributed by atoms with Crippen LogP contribution < -0.4 is 0 Å². The first-order chi connectivity index (χ1) is 7.30. The van der Waals surface area contributed by atoms with Crippen LogP contribution in [-0.4, -0.2) is 7.28 Å². The second-order valence-corrected chi connectivity index (χ2v) is 6.46. The van der Waals surface area contributed by atoms with E-state index in [-0.39, 0.29) is 1.43 Å². The molecule has 2 saturated heterocycles. The highest BCUT2D eigenvalue weighted by Crippen LogP contribution is 2.60. The monoisotopic (exact) mass is 205 g/mol. The van der Waals surface area contributed by atoms with Gasteiger partial charge in [-0.3, -0.25) is 0 Å². The molecular formula is C14H26B. The lowest BCUT2D eigenvalue weighted by atomic mass is 9.32. The molecule has 0 aromatic carbocycles. The lowest BCUT2D eigenvalue weighted by Gasteiger charge is -2.50. The van der Waals surface area contributed by atoms with Crippen molar-refractivity contribution in [2.45, 2.75) is 75.8 Å². The van der Waals surface area contributed by atoms with Crippen LogP contribution in [0.1, 0.15) is 66.1 Å². The van der Waals surface area contributed by atoms with Crippen molar-refractivity contribution in [3.8, 4) is 0 Å². The number of hydrogen-bond donors (Lipinski definition) is 0. The Kier molecular flexibility index (Phi) is 2.61. The molecular weight excluding hydrogens is 179 g/mol. The molecule has 1 radical (unpaired) electrons. The maximum atomic E-state index is 2.83. The van der Waals surface area contributed by atoms with Gasteiger partial charge in [0.15, 0.2) is 0 Å². The molecule has 15 heavy (non-hydrogen) atoms. The third-order valence-corrected chi connectivity index (χ3v) is 5.60. The summed E-state index contributed by atoms with van der Waals surface area (Å²) in [6.07, 6.45) is 13.6. The van der Waals surface area contributed by atoms with Crippen LogP contribution in [0.25, 0.3) is 0 Å². The van der Waals surface area contributed by atoms with E-state index in [1.165, 1.54) is 57.8 Å². The van der Waals surface area contributed by atoms with Crippen molar-refractivity contribution in [2.75, 3.05) is 0 Å². The summed E-state index contributed by atoms with van der Waals surface area (Å²) in [4.78, 5) is 0. The SMILES string of the molecule is CC1CCCC1C12[B]C(CCC1)CCC2.[HH]. The standard InChI is InChI=1S/C14H24B.H2/c1-11-5-2-8-13(11)14-9-3-6-12(15-14)7-4-10-14;/h11-13H,2-10H2,1H3;1H. The van der Waals surface area contributed by atoms with Crippen molar-refractivity contribution >= 4 is 7.28 Å². The first-order valence-corrected chi connectivity index (χ1v) is 7.16. The molecule has 1 aliphatic carbocycles. The van der Waals surface area contributed by atoms with Gasteiger partial charge >= 0.3 is 0 Å². The van der Waals surface area contributed by atoms with Crippen molar-refractivity contribution in [1.29, 1.82) is 0 Å². The third kappa shape index (κ3) is 1.67. The minimum Gasteiger partial charge on any atom is -0.0682 e. The Morgan fingerprint density at radius 1 is 1.00 bits per heavy atom. The van der Waals surface area contributed by atoms with E-state index in [2.05, 4.69) is 14.2 Å². The molecule has 2 atom stereocenters. The van der Waals surface area contributed by atoms with Crippen LogP contribution in [0.4, 0.5) is 0 Å². The number of hydrogen-bond acceptors (Lipinski definition) is 0. The first-order valence-electron chi connectivity index (χ1n) is 7.16. The fourth-order valence-electron chi connectivity index (χ4n) is 4.95. The summed E-state index contributed by atoms with van der Waals surface area (Å²) in [5, 5.41) is 0.705. The lowest BCUT2D eigenvalue weighted by Crippen LogP contribution is -2.39. The zero-order valence-electron chi connectivity index (χ0n) is 10.2. The van der Waals surface area contributed by atoms with Crippen LogP contribution in [0.2, 0.25) is 11.1 Å². The van der Waals surface area contributed by atoms with E-state index < -0.39 is 0 Å². The van der Waals surface area contributed by atoms with Gasteiger partial charge in [0.05, 0.1) is 0 Å². The summed E-state index contributed by atoms with van der Waals surface area (Å²) >= 11 is 0. The molecule has 0 aromatic heterocycles. The minimum absolute atomic E-state index is 0. The molecule has 2 bridgehead atoms. The highest BCUT2D eigenvalue weighted by atomic mass is 14.5. The second kappa shape index (κ2) is 3.82. The molecule has 1 heteroatoms. The molecule has 3 aliphatic rings. The van der Waals surface area contributed by atoms with E-state index in [0.717, 1.165) is 17.7 Å². The van der Waals surface area contributed by atoms with Crippen molar-refractivity contribution in [3.63, 3.8) is 0 Å². The Labute approximate surface area is 96.9 Å². The average Bonchev–Trinajstić information content (AvgIpc) is 2.65. The number of rotatable bonds is 1. The van der Waals surface area contributed by atoms with E-state index in [1.807, 2.05) is 0 Å². The second-order valence-electron chi connectivity index (χ2n) is 6.46. The summed E-state index contributed by atoms with van der Waals surface area (Å²) in [6, 6.07) is 0. The van der Waals surface area contributed by atoms with Crippen LogP contribution in [0.3, 0.4) is 0 Å². The van der Waals surface area contributed by atoms with Crippen molar-refractivity contribution in [1.82, 2.24) is 0 Å². The normalized spacial score (nSPS) is 50.1. The lowest BCUT2D eigenvalue weighted by molar-refractivity contribution is 0.217. The van der Waals surface area contributed by atoms with Gasteiger partial charge in [-0.25, -0.2) is 0 Å². The van der Waals surface area contributed by atoms with Gasteiger partial charge in [-0.15, -0.1) is 0 Å². The molecule has 85 valence electrons. The van der Waals surface area contributed by atoms with Gasteiger partial charge in [-0.2, -0.15) is 0 Å². The largest absolute Gasteiger partial charge is 0.122 e. The molecule has 0 nitrogen and oxygen atoms in total. The van der Waals surface area contributed by atoms with Crippen molar-refractivity contribution in [2.24, 2.45) is 11.8 Å². The van der Waals surface area contributed by atoms with E-state index in [0.29, 0.717) is 5.31 Å². The van der Waals surface area contributed by atoms with E-state index in [1.54, 1.807) is 0 Å². The third-order valence-electron chi connectivity index (χ3n) is 5.60. The predicted molar refractivity (Wildman–Crippen MR) is 68.5 cm³/mol. The van der Waals surface area contributed by atoms with Gasteiger partial charge in [0.1, 0.15) is 7.28 Å². The van der Waals surface area contributed by atoms with Crippen LogP contribution in [0, 0.1) is 11.8 Å². The maximum absolute atomic E-state index is 2.83. The zero-order valence-corrected chi connectivity index (χ0v) is 10.2. The molecule has 0 amide bonds. The van der Waals surface area contributed by atoms with Crippen LogP contribution >= 0.6 is 0 Å². The molecule has 2 aliphatic heterocycles. The van der Waals surface area contributed by atoms with Crippen molar-refractivity contribution < 1.29 is 1.43 Å². The van der Waals surface area contributed by atoms with E-state index in [4.69, 9.17) is 0 Å². The zero-order chi connectivity index (χ0) is 10.3. The first kappa shape index (κ1) is 10.2. The molecule has 0 aromatic rings. The minimum atomic E-state index is 0. The molecule has 0 spiro atoms. The summed E-state index contributed by atoms with van der Waals surface area (Å²) in [6.45, 7) is 2.51. The maximum Gasteiger partial charge on any atom is 0.122 e. The molecule has 3 rings (SSSR count). The smallest absolute Gasteiger partial charge is 0.0682 e. The molecule has 2 heterocycles. The van der Waals surface area contributed by atoms with Gasteiger partial charge in [0.2, 0.25) is 0 Å². The Morgan fingerprint density at radius 2 is 1.73 bits per heavy atom. The van der Waals surface area contributed by atoms with Gasteiger partial charge in [0.25, 0.3) is 0 Å². The van der Waals surface area contributed by atoms with Crippen LogP contribution in [-0.2, 0) is 0 Å². The average molecular weight is 205 g/mol. The number of fused-ring (bicyclic) bond motifs is 2. The van der Waals surface area contributed by atoms with E-state index >= 15 is 0 Å². The van der Waals surface area contributed by atoms with Crippen molar-refractivity contribution in [3.05, 3.63) is 0 Å². The Hall–Kier alpha value is 0.0649. The highest BCUT2D eigenvalue weighted by molar-refractivity contribution is 6.42. The summed E-state index contributed by atoms with van der Waals surface area (Å²) in [5.74, 6) is 3.07. The van der Waals surface area contributed by atoms with Crippen LogP contribution in [0.5, 0.6) is 0 Å². The summed E-state index contributed by atoms with van der Waals surface area (Å²) < 4.78 is 0. The van der Waals surface area contributed by atoms with Gasteiger partial charge in [-0.1, -0.05) is 75.8 Å².